The number of carbonyl (C=O) groups is 2. The summed E-state index contributed by atoms with van der Waals surface area (Å²) in [6, 6.07) is 6.74. The Morgan fingerprint density at radius 3 is 2.60 bits per heavy atom. The quantitative estimate of drug-likeness (QED) is 0.261. The first-order valence-corrected chi connectivity index (χ1v) is 14.6. The molecule has 1 aliphatic rings. The van der Waals surface area contributed by atoms with Crippen LogP contribution in [0.25, 0.3) is 11.3 Å². The standard InChI is InChI=1S/C29H26FN9O2P2/c1-15-5-6-20(28(42)43)24(25(15)30)21-11-31-12-22(37-21)26(40)36-18-10-35-39(13-18)16(2)17-8-33-29(34-9-17)38-14-23-19(27(38)41)4-3-7-32-23/h3-13,16,28H,14,42-43H2,1-2H3,(H,36,40). The zero-order valence-corrected chi connectivity index (χ0v) is 25.4. The molecule has 43 heavy (non-hydrogen) atoms. The van der Waals surface area contributed by atoms with Gasteiger partial charge in [-0.25, -0.2) is 19.3 Å². The van der Waals surface area contributed by atoms with E-state index in [4.69, 9.17) is 0 Å². The van der Waals surface area contributed by atoms with Gasteiger partial charge in [-0.1, -0.05) is 12.1 Å². The zero-order chi connectivity index (χ0) is 30.2. The fourth-order valence-electron chi connectivity index (χ4n) is 4.76. The van der Waals surface area contributed by atoms with E-state index in [-0.39, 0.29) is 28.7 Å². The number of amides is 2. The number of pyridine rings is 1. The average Bonchev–Trinajstić information content (AvgIpc) is 3.62. The van der Waals surface area contributed by atoms with Gasteiger partial charge in [0.15, 0.2) is 0 Å². The highest BCUT2D eigenvalue weighted by molar-refractivity contribution is 7.37. The van der Waals surface area contributed by atoms with E-state index in [1.807, 2.05) is 13.0 Å². The van der Waals surface area contributed by atoms with Crippen LogP contribution in [0.1, 0.15) is 61.6 Å². The number of hydrogen-bond acceptors (Lipinski definition) is 8. The van der Waals surface area contributed by atoms with E-state index in [0.717, 1.165) is 5.56 Å². The molecule has 3 atom stereocenters. The number of carbonyl (C=O) groups excluding carboxylic acids is 2. The number of nitrogens with zero attached hydrogens (tertiary/aromatic N) is 8. The Hall–Kier alpha value is -4.53. The molecule has 216 valence electrons. The van der Waals surface area contributed by atoms with Crippen LogP contribution in [0.15, 0.2) is 67.6 Å². The van der Waals surface area contributed by atoms with Crippen LogP contribution < -0.4 is 10.2 Å². The molecule has 1 aliphatic heterocycles. The van der Waals surface area contributed by atoms with Gasteiger partial charge < -0.3 is 5.32 Å². The summed E-state index contributed by atoms with van der Waals surface area (Å²) in [4.78, 5) is 48.9. The first-order chi connectivity index (χ1) is 20.7. The van der Waals surface area contributed by atoms with Crippen molar-refractivity contribution in [2.45, 2.75) is 31.8 Å². The lowest BCUT2D eigenvalue weighted by Gasteiger charge is -2.15. The molecule has 1 N–H and O–H groups in total. The number of aryl methyl sites for hydroxylation is 1. The SMILES string of the molecule is Cc1ccc(C(P)P)c(-c2cncc(C(=O)Nc3cnn(C(C)c4cnc(N5Cc6ncccc6C5=O)nc4)c3)n2)c1F. The van der Waals surface area contributed by atoms with Gasteiger partial charge in [0.2, 0.25) is 5.95 Å². The van der Waals surface area contributed by atoms with Crippen molar-refractivity contribution in [2.24, 2.45) is 0 Å². The molecule has 0 fully saturated rings. The third-order valence-corrected chi connectivity index (χ3v) is 7.88. The van der Waals surface area contributed by atoms with Gasteiger partial charge in [0, 0.05) is 41.3 Å². The van der Waals surface area contributed by atoms with Gasteiger partial charge in [-0.2, -0.15) is 5.10 Å². The molecule has 0 spiro atoms. The number of hydrogen-bond donors (Lipinski definition) is 1. The van der Waals surface area contributed by atoms with E-state index in [1.165, 1.54) is 23.5 Å². The molecule has 3 unspecified atom stereocenters. The van der Waals surface area contributed by atoms with Crippen molar-refractivity contribution in [2.75, 3.05) is 10.2 Å². The fraction of sp³-hybridized carbons (Fsp3) is 0.172. The largest absolute Gasteiger partial charge is 0.318 e. The predicted octanol–water partition coefficient (Wildman–Crippen LogP) is 4.74. The lowest BCUT2D eigenvalue weighted by Crippen LogP contribution is -2.25. The molecular formula is C29H26FN9O2P2. The summed E-state index contributed by atoms with van der Waals surface area (Å²) < 4.78 is 16.8. The number of benzene rings is 1. The summed E-state index contributed by atoms with van der Waals surface area (Å²) >= 11 is 0. The molecule has 0 saturated carbocycles. The maximum atomic E-state index is 15.2. The normalized spacial score (nSPS) is 13.3. The van der Waals surface area contributed by atoms with Crippen LogP contribution in [0.3, 0.4) is 0 Å². The molecule has 6 rings (SSSR count). The Morgan fingerprint density at radius 1 is 1.07 bits per heavy atom. The van der Waals surface area contributed by atoms with Crippen LogP contribution in [0, 0.1) is 12.7 Å². The molecule has 0 bridgehead atoms. The van der Waals surface area contributed by atoms with Crippen molar-refractivity contribution in [3.8, 4) is 11.3 Å². The van der Waals surface area contributed by atoms with Crippen molar-refractivity contribution in [1.29, 1.82) is 0 Å². The summed E-state index contributed by atoms with van der Waals surface area (Å²) in [5.74, 6) is -0.808. The van der Waals surface area contributed by atoms with Crippen molar-refractivity contribution < 1.29 is 14.0 Å². The van der Waals surface area contributed by atoms with Crippen LogP contribution in [0.2, 0.25) is 0 Å². The van der Waals surface area contributed by atoms with Gasteiger partial charge >= 0.3 is 0 Å². The number of nitrogens with one attached hydrogen (secondary N) is 1. The number of rotatable bonds is 7. The highest BCUT2D eigenvalue weighted by atomic mass is 31.1. The monoisotopic (exact) mass is 613 g/mol. The van der Waals surface area contributed by atoms with Crippen molar-refractivity contribution in [1.82, 2.24) is 34.7 Å². The van der Waals surface area contributed by atoms with Crippen LogP contribution in [0.4, 0.5) is 16.0 Å². The summed E-state index contributed by atoms with van der Waals surface area (Å²) in [5.41, 5.74) is 4.23. The lowest BCUT2D eigenvalue weighted by molar-refractivity contribution is 0.0992. The minimum absolute atomic E-state index is 0.0343. The van der Waals surface area contributed by atoms with Gasteiger partial charge in [0.1, 0.15) is 11.5 Å². The highest BCUT2D eigenvalue weighted by Gasteiger charge is 2.31. The maximum absolute atomic E-state index is 15.2. The minimum Gasteiger partial charge on any atom is -0.318 e. The van der Waals surface area contributed by atoms with E-state index >= 15 is 4.39 Å². The molecule has 2 amide bonds. The number of anilines is 2. The Labute approximate surface area is 250 Å². The molecular weight excluding hydrogens is 587 g/mol. The van der Waals surface area contributed by atoms with Gasteiger partial charge in [-0.05, 0) is 37.1 Å². The van der Waals surface area contributed by atoms with E-state index in [1.54, 1.807) is 54.6 Å². The molecule has 11 nitrogen and oxygen atoms in total. The molecule has 5 aromatic rings. The van der Waals surface area contributed by atoms with Crippen molar-refractivity contribution >= 4 is 41.9 Å². The second-order valence-corrected chi connectivity index (χ2v) is 12.2. The highest BCUT2D eigenvalue weighted by Crippen LogP contribution is 2.38. The maximum Gasteiger partial charge on any atom is 0.275 e. The third kappa shape index (κ3) is 5.51. The molecule has 0 saturated heterocycles. The van der Waals surface area contributed by atoms with E-state index in [2.05, 4.69) is 53.8 Å². The lowest BCUT2D eigenvalue weighted by atomic mass is 10.0. The minimum atomic E-state index is -0.511. The Morgan fingerprint density at radius 2 is 1.86 bits per heavy atom. The Balaban J connectivity index is 1.16. The van der Waals surface area contributed by atoms with Crippen LogP contribution in [-0.2, 0) is 6.54 Å². The predicted molar refractivity (Wildman–Crippen MR) is 165 cm³/mol. The van der Waals surface area contributed by atoms with Crippen LogP contribution in [0.5, 0.6) is 0 Å². The molecule has 0 aliphatic carbocycles. The smallest absolute Gasteiger partial charge is 0.275 e. The summed E-state index contributed by atoms with van der Waals surface area (Å²) in [7, 11) is 5.24. The van der Waals surface area contributed by atoms with Gasteiger partial charge in [0.05, 0.1) is 53.8 Å². The molecule has 1 aromatic carbocycles. The number of aromatic nitrogens is 7. The van der Waals surface area contributed by atoms with Crippen molar-refractivity contribution in [3.63, 3.8) is 0 Å². The van der Waals surface area contributed by atoms with Crippen LogP contribution >= 0.6 is 18.5 Å². The summed E-state index contributed by atoms with van der Waals surface area (Å²) in [6.07, 6.45) is 10.9. The van der Waals surface area contributed by atoms with Crippen LogP contribution in [-0.4, -0.2) is 46.5 Å². The molecule has 4 aromatic heterocycles. The number of fused-ring (bicyclic) bond motifs is 1. The van der Waals surface area contributed by atoms with E-state index in [0.29, 0.717) is 46.1 Å². The van der Waals surface area contributed by atoms with E-state index in [9.17, 15) is 9.59 Å². The zero-order valence-electron chi connectivity index (χ0n) is 23.1. The summed E-state index contributed by atoms with van der Waals surface area (Å²) in [6.45, 7) is 3.90. The second kappa shape index (κ2) is 11.6. The third-order valence-electron chi connectivity index (χ3n) is 7.16. The topological polar surface area (TPSA) is 132 Å². The van der Waals surface area contributed by atoms with Gasteiger partial charge in [-0.15, -0.1) is 18.5 Å². The second-order valence-electron chi connectivity index (χ2n) is 10.0. The van der Waals surface area contributed by atoms with E-state index < -0.39 is 11.7 Å². The first-order valence-electron chi connectivity index (χ1n) is 13.3. The van der Waals surface area contributed by atoms with Crippen molar-refractivity contribution in [3.05, 3.63) is 107 Å². The molecule has 14 heteroatoms. The average molecular weight is 614 g/mol. The molecule has 5 heterocycles. The fourth-order valence-corrected chi connectivity index (χ4v) is 5.32. The Bertz CT molecular complexity index is 1860. The van der Waals surface area contributed by atoms with Gasteiger partial charge in [-0.3, -0.25) is 29.1 Å². The first kappa shape index (κ1) is 28.6. The summed E-state index contributed by atoms with van der Waals surface area (Å²) in [5, 5.41) is 7.04. The van der Waals surface area contributed by atoms with Gasteiger partial charge in [0.25, 0.3) is 11.8 Å². The molecule has 0 radical (unpaired) electrons. The Kier molecular flexibility index (Phi) is 7.73. The number of halogens is 1.